The molecule has 1 aliphatic rings. The summed E-state index contributed by atoms with van der Waals surface area (Å²) >= 11 is 0. The molecule has 0 spiro atoms. The summed E-state index contributed by atoms with van der Waals surface area (Å²) < 4.78 is 17.7. The Labute approximate surface area is 136 Å². The van der Waals surface area contributed by atoms with E-state index in [0.29, 0.717) is 0 Å². The third kappa shape index (κ3) is 3.43. The van der Waals surface area contributed by atoms with Crippen LogP contribution >= 0.6 is 7.82 Å². The van der Waals surface area contributed by atoms with Crippen LogP contribution < -0.4 is 11.2 Å². The monoisotopic (exact) mass is 360 g/mol. The van der Waals surface area contributed by atoms with Gasteiger partial charge in [-0.05, 0) is 0 Å². The van der Waals surface area contributed by atoms with Gasteiger partial charge >= 0.3 is 136 Å². The Balaban J connectivity index is 2.03. The zero-order chi connectivity index (χ0) is 17.5. The van der Waals surface area contributed by atoms with Crippen molar-refractivity contribution in [1.82, 2.24) is 19.5 Å². The van der Waals surface area contributed by atoms with E-state index in [0.717, 1.165) is 0 Å². The molecule has 1 fully saturated rings. The molecule has 11 nitrogen and oxygen atoms in total. The van der Waals surface area contributed by atoms with Crippen LogP contribution in [-0.2, 0) is 13.8 Å². The second kappa shape index (κ2) is 6.39. The van der Waals surface area contributed by atoms with E-state index in [1.54, 1.807) is 6.92 Å². The Morgan fingerprint density at radius 1 is 1.38 bits per heavy atom. The number of aromatic nitrogens is 4. The normalized spacial score (nSPS) is 29.5. The third-order valence-electron chi connectivity index (χ3n) is 3.55. The topological polar surface area (TPSA) is 152 Å². The summed E-state index contributed by atoms with van der Waals surface area (Å²) in [6.07, 6.45) is -1.39. The van der Waals surface area contributed by atoms with Gasteiger partial charge in [0.25, 0.3) is 0 Å². The fourth-order valence-electron chi connectivity index (χ4n) is 2.40. The molecule has 3 heterocycles. The predicted molar refractivity (Wildman–Crippen MR) is 87.5 cm³/mol. The number of nitrogens with one attached hydrogen (secondary N) is 2. The number of aliphatic hydroxyl groups is 1. The number of ether oxygens (including phenoxy) is 1. The van der Waals surface area contributed by atoms with E-state index in [9.17, 15) is 19.6 Å². The van der Waals surface area contributed by atoms with Crippen LogP contribution in [0.5, 0.6) is 0 Å². The minimum absolute atomic E-state index is 0.0106. The van der Waals surface area contributed by atoms with Gasteiger partial charge in [-0.25, -0.2) is 0 Å². The molecule has 2 aromatic rings. The molecule has 2 aromatic heterocycles. The SMILES string of the molecule is B[PH]1(O)OC[C@H](C)O[C@@H](n2cnc3c(=O)[nH]c(=O)[nH]c32)[C@@H](O)CO1. The summed E-state index contributed by atoms with van der Waals surface area (Å²) in [5, 5.41) is 10.4. The van der Waals surface area contributed by atoms with Crippen LogP contribution in [-0.4, -0.2) is 62.5 Å². The molecule has 3 atom stereocenters. The number of aromatic amines is 2. The van der Waals surface area contributed by atoms with E-state index in [4.69, 9.17) is 13.8 Å². The van der Waals surface area contributed by atoms with Crippen molar-refractivity contribution in [2.45, 2.75) is 25.4 Å². The molecule has 1 aliphatic heterocycles. The molecule has 132 valence electrons. The number of hydrogen-bond donors (Lipinski definition) is 4. The number of imidazole rings is 1. The molecule has 1 saturated heterocycles. The van der Waals surface area contributed by atoms with E-state index in [1.165, 1.54) is 18.5 Å². The summed E-state index contributed by atoms with van der Waals surface area (Å²) in [6.45, 7) is 1.51. The third-order valence-corrected chi connectivity index (χ3v) is 4.96. The van der Waals surface area contributed by atoms with Crippen molar-refractivity contribution >= 4 is 26.6 Å². The Bertz CT molecular complexity index is 849. The van der Waals surface area contributed by atoms with Crippen molar-refractivity contribution in [2.24, 2.45) is 0 Å². The zero-order valence-electron chi connectivity index (χ0n) is 13.1. The average Bonchev–Trinajstić information content (AvgIpc) is 2.93. The molecule has 13 heteroatoms. The van der Waals surface area contributed by atoms with Crippen molar-refractivity contribution in [3.05, 3.63) is 27.2 Å². The molecular weight excluding hydrogens is 342 g/mol. The summed E-state index contributed by atoms with van der Waals surface area (Å²) in [7, 11) is -1.91. The summed E-state index contributed by atoms with van der Waals surface area (Å²) in [4.78, 5) is 41.8. The fourth-order valence-corrected chi connectivity index (χ4v) is 3.51. The Hall–Kier alpha value is -1.56. The summed E-state index contributed by atoms with van der Waals surface area (Å²) in [6, 6.07) is 0. The standard InChI is InChI=1S/C11H18BN4O7P/c1-5-2-21-24(12,20)22-3-6(17)10(23-5)16-4-13-7-8(16)14-11(19)15-9(7)18/h4-6,10,17,20,24H,2-3,12H2,1H3,(H2,14,15,18,19)/t5-,6-,10+/m0/s1. The van der Waals surface area contributed by atoms with Gasteiger partial charge in [-0.3, -0.25) is 0 Å². The molecule has 0 bridgehead atoms. The quantitative estimate of drug-likeness (QED) is 0.329. The Morgan fingerprint density at radius 2 is 2.08 bits per heavy atom. The summed E-state index contributed by atoms with van der Waals surface area (Å²) in [5.74, 6) is 0. The van der Waals surface area contributed by atoms with Gasteiger partial charge in [0.1, 0.15) is 0 Å². The second-order valence-corrected chi connectivity index (χ2v) is 8.05. The van der Waals surface area contributed by atoms with Crippen molar-refractivity contribution in [2.75, 3.05) is 13.2 Å². The number of nitrogens with zero attached hydrogens (tertiary/aromatic N) is 2. The van der Waals surface area contributed by atoms with Crippen LogP contribution in [0.2, 0.25) is 0 Å². The van der Waals surface area contributed by atoms with E-state index in [1.807, 2.05) is 0 Å². The maximum absolute atomic E-state index is 11.8. The molecule has 0 amide bonds. The van der Waals surface area contributed by atoms with E-state index < -0.39 is 37.5 Å². The zero-order valence-corrected chi connectivity index (χ0v) is 14.1. The predicted octanol–water partition coefficient (Wildman–Crippen LogP) is -2.24. The van der Waals surface area contributed by atoms with Gasteiger partial charge in [-0.15, -0.1) is 0 Å². The van der Waals surface area contributed by atoms with Crippen LogP contribution in [0.1, 0.15) is 13.2 Å². The van der Waals surface area contributed by atoms with Crippen LogP contribution in [0.4, 0.5) is 0 Å². The minimum atomic E-state index is -3.35. The average molecular weight is 360 g/mol. The van der Waals surface area contributed by atoms with Gasteiger partial charge < -0.3 is 0 Å². The molecule has 0 aliphatic carbocycles. The first-order valence-corrected chi connectivity index (χ1v) is 9.56. The van der Waals surface area contributed by atoms with Crippen LogP contribution in [0, 0.1) is 0 Å². The number of H-pyrrole nitrogens is 2. The Morgan fingerprint density at radius 3 is 2.83 bits per heavy atom. The molecule has 0 saturated carbocycles. The van der Waals surface area contributed by atoms with Gasteiger partial charge in [-0.1, -0.05) is 0 Å². The van der Waals surface area contributed by atoms with Crippen LogP contribution in [0.25, 0.3) is 11.2 Å². The van der Waals surface area contributed by atoms with Crippen molar-refractivity contribution in [1.29, 1.82) is 0 Å². The molecule has 24 heavy (non-hydrogen) atoms. The number of fused-ring (bicyclic) bond motifs is 1. The molecular formula is C11H18BN4O7P. The first kappa shape index (κ1) is 17.3. The first-order valence-electron chi connectivity index (χ1n) is 7.30. The van der Waals surface area contributed by atoms with Crippen molar-refractivity contribution in [3.63, 3.8) is 0 Å². The van der Waals surface area contributed by atoms with E-state index >= 15 is 0 Å². The van der Waals surface area contributed by atoms with Crippen molar-refractivity contribution < 1.29 is 23.8 Å². The van der Waals surface area contributed by atoms with Gasteiger partial charge in [0.2, 0.25) is 0 Å². The molecule has 4 N–H and O–H groups in total. The maximum atomic E-state index is 11.8. The Kier molecular flexibility index (Phi) is 4.60. The van der Waals surface area contributed by atoms with Gasteiger partial charge in [-0.2, -0.15) is 0 Å². The number of aliphatic hydroxyl groups excluding tert-OH is 1. The second-order valence-electron chi connectivity index (χ2n) is 5.68. The van der Waals surface area contributed by atoms with Gasteiger partial charge in [0, 0.05) is 0 Å². The molecule has 0 aromatic carbocycles. The number of hydrogen-bond acceptors (Lipinski definition) is 8. The van der Waals surface area contributed by atoms with Crippen molar-refractivity contribution in [3.8, 4) is 0 Å². The van der Waals surface area contributed by atoms with E-state index in [-0.39, 0.29) is 24.4 Å². The number of rotatable bonds is 1. The first-order chi connectivity index (χ1) is 11.3. The molecule has 0 unspecified atom stereocenters. The van der Waals surface area contributed by atoms with E-state index in [2.05, 4.69) is 15.0 Å². The summed E-state index contributed by atoms with van der Waals surface area (Å²) in [5.41, 5.74) is -1.22. The van der Waals surface area contributed by atoms with Gasteiger partial charge in [0.15, 0.2) is 0 Å². The fraction of sp³-hybridized carbons (Fsp3) is 0.545. The van der Waals surface area contributed by atoms with Crippen LogP contribution in [0.15, 0.2) is 15.9 Å². The molecule has 3 rings (SSSR count). The molecule has 0 radical (unpaired) electrons. The van der Waals surface area contributed by atoms with Crippen LogP contribution in [0.3, 0.4) is 0 Å². The van der Waals surface area contributed by atoms with Gasteiger partial charge in [0.05, 0.1) is 0 Å².